The Labute approximate surface area is 242 Å². The number of fused-ring (bicyclic) bond motifs is 1. The van der Waals surface area contributed by atoms with Crippen LogP contribution in [-0.2, 0) is 44.2 Å². The molecule has 2 heterocycles. The van der Waals surface area contributed by atoms with Crippen molar-refractivity contribution in [3.8, 4) is 16.9 Å². The van der Waals surface area contributed by atoms with Gasteiger partial charge in [0.15, 0.2) is 0 Å². The highest BCUT2D eigenvalue weighted by molar-refractivity contribution is 6.04. The van der Waals surface area contributed by atoms with Gasteiger partial charge in [-0.3, -0.25) is 9.48 Å². The first-order chi connectivity index (χ1) is 20.3. The fourth-order valence-corrected chi connectivity index (χ4v) is 6.51. The number of nitrogens with one attached hydrogen (secondary N) is 1. The van der Waals surface area contributed by atoms with Gasteiger partial charge in [-0.25, -0.2) is 9.18 Å². The summed E-state index contributed by atoms with van der Waals surface area (Å²) in [5.41, 5.74) is 4.59. The Morgan fingerprint density at radius 3 is 2.38 bits per heavy atom. The molecule has 3 saturated carbocycles. The molecule has 2 aromatic carbocycles. The van der Waals surface area contributed by atoms with E-state index in [0.717, 1.165) is 42.2 Å². The fourth-order valence-electron chi connectivity index (χ4n) is 6.51. The van der Waals surface area contributed by atoms with E-state index in [0.29, 0.717) is 39.9 Å². The number of aromatic nitrogens is 3. The molecule has 9 nitrogen and oxygen atoms in total. The lowest BCUT2D eigenvalue weighted by atomic mass is 9.50. The SMILES string of the molecule is COC(=O)CCc1c(C(=O)OC)[nH]c2c(-c3c(C)nn(C45CC(C4)C5)c3COCc3ccc(OC)cc3)c(F)ccc12. The van der Waals surface area contributed by atoms with Gasteiger partial charge < -0.3 is 23.9 Å². The number of methoxy groups -OCH3 is 3. The standard InChI is InChI=1S/C32H34FN3O6/c1-18-27(28-24(33)11-9-22-23(10-12-26(37)40-3)30(31(38)41-4)34-29(22)28)25(36(35-18)32-13-20(14-32)15-32)17-42-16-19-5-7-21(39-2)8-6-19/h5-9,11,20,34H,10,12-17H2,1-4H3. The van der Waals surface area contributed by atoms with Gasteiger partial charge in [0.05, 0.1) is 57.0 Å². The third kappa shape index (κ3) is 4.63. The van der Waals surface area contributed by atoms with Gasteiger partial charge in [0.2, 0.25) is 0 Å². The number of ether oxygens (including phenoxy) is 4. The summed E-state index contributed by atoms with van der Waals surface area (Å²) >= 11 is 0. The first-order valence-electron chi connectivity index (χ1n) is 14.1. The summed E-state index contributed by atoms with van der Waals surface area (Å²) in [5.74, 6) is 0.0345. The van der Waals surface area contributed by atoms with Crippen molar-refractivity contribution in [1.82, 2.24) is 14.8 Å². The number of rotatable bonds is 11. The van der Waals surface area contributed by atoms with Gasteiger partial charge in [0.25, 0.3) is 0 Å². The third-order valence-corrected chi connectivity index (χ3v) is 8.76. The number of halogens is 1. The number of hydrogen-bond donors (Lipinski definition) is 1. The van der Waals surface area contributed by atoms with Crippen molar-refractivity contribution >= 4 is 22.8 Å². The van der Waals surface area contributed by atoms with E-state index in [2.05, 4.69) is 9.67 Å². The maximum atomic E-state index is 15.9. The van der Waals surface area contributed by atoms with E-state index in [4.69, 9.17) is 24.0 Å². The molecule has 42 heavy (non-hydrogen) atoms. The smallest absolute Gasteiger partial charge is 0.354 e. The fraction of sp³-hybridized carbons (Fsp3) is 0.406. The van der Waals surface area contributed by atoms with Crippen molar-refractivity contribution in [1.29, 1.82) is 0 Å². The number of aromatic amines is 1. The lowest BCUT2D eigenvalue weighted by Crippen LogP contribution is -2.60. The van der Waals surface area contributed by atoms with Crippen LogP contribution in [0.1, 0.15) is 58.7 Å². The molecule has 2 bridgehead atoms. The predicted octanol–water partition coefficient (Wildman–Crippen LogP) is 5.61. The molecule has 3 aliphatic carbocycles. The molecule has 0 amide bonds. The number of esters is 2. The molecule has 3 fully saturated rings. The Morgan fingerprint density at radius 1 is 1.02 bits per heavy atom. The molecule has 0 atom stereocenters. The van der Waals surface area contributed by atoms with Gasteiger partial charge >= 0.3 is 11.9 Å². The van der Waals surface area contributed by atoms with Crippen LogP contribution in [0.4, 0.5) is 4.39 Å². The van der Waals surface area contributed by atoms with Gasteiger partial charge in [-0.2, -0.15) is 5.10 Å². The van der Waals surface area contributed by atoms with Crippen LogP contribution < -0.4 is 4.74 Å². The van der Waals surface area contributed by atoms with Crippen LogP contribution in [0.5, 0.6) is 5.75 Å². The molecular weight excluding hydrogens is 541 g/mol. The van der Waals surface area contributed by atoms with Crippen LogP contribution in [-0.4, -0.2) is 48.0 Å². The van der Waals surface area contributed by atoms with E-state index in [1.807, 2.05) is 31.2 Å². The zero-order valence-corrected chi connectivity index (χ0v) is 24.2. The molecule has 1 N–H and O–H groups in total. The van der Waals surface area contributed by atoms with E-state index < -0.39 is 17.8 Å². The van der Waals surface area contributed by atoms with E-state index in [9.17, 15) is 9.59 Å². The summed E-state index contributed by atoms with van der Waals surface area (Å²) in [6.45, 7) is 2.47. The minimum Gasteiger partial charge on any atom is -0.497 e. The number of nitrogens with zero attached hydrogens (tertiary/aromatic N) is 2. The molecule has 3 aliphatic rings. The molecule has 0 radical (unpaired) electrons. The summed E-state index contributed by atoms with van der Waals surface area (Å²) in [5, 5.41) is 5.59. The average molecular weight is 576 g/mol. The maximum Gasteiger partial charge on any atom is 0.354 e. The Bertz CT molecular complexity index is 1650. The lowest BCUT2D eigenvalue weighted by molar-refractivity contribution is -0.140. The monoisotopic (exact) mass is 575 g/mol. The van der Waals surface area contributed by atoms with E-state index in [1.54, 1.807) is 13.2 Å². The first kappa shape index (κ1) is 28.0. The van der Waals surface area contributed by atoms with E-state index in [1.165, 1.54) is 20.3 Å². The second kappa shape index (κ2) is 10.9. The Morgan fingerprint density at radius 2 is 1.76 bits per heavy atom. The molecule has 4 aromatic rings. The van der Waals surface area contributed by atoms with Crippen LogP contribution in [0.25, 0.3) is 22.0 Å². The molecule has 2 aromatic heterocycles. The summed E-state index contributed by atoms with van der Waals surface area (Å²) in [6.07, 6.45) is 3.45. The largest absolute Gasteiger partial charge is 0.497 e. The summed E-state index contributed by atoms with van der Waals surface area (Å²) in [4.78, 5) is 27.9. The third-order valence-electron chi connectivity index (χ3n) is 8.76. The van der Waals surface area contributed by atoms with Crippen molar-refractivity contribution in [2.24, 2.45) is 5.92 Å². The highest BCUT2D eigenvalue weighted by atomic mass is 19.1. The second-order valence-corrected chi connectivity index (χ2v) is 11.3. The second-order valence-electron chi connectivity index (χ2n) is 11.3. The summed E-state index contributed by atoms with van der Waals surface area (Å²) in [6, 6.07) is 10.7. The number of H-pyrrole nitrogens is 1. The lowest BCUT2D eigenvalue weighted by Gasteiger charge is -2.61. The van der Waals surface area contributed by atoms with Gasteiger partial charge in [-0.05, 0) is 73.9 Å². The zero-order chi connectivity index (χ0) is 29.6. The topological polar surface area (TPSA) is 105 Å². The number of aryl methyl sites for hydroxylation is 2. The summed E-state index contributed by atoms with van der Waals surface area (Å²) in [7, 11) is 4.23. The molecule has 0 unspecified atom stereocenters. The molecule has 0 spiro atoms. The number of carbonyl (C=O) groups excluding carboxylic acids is 2. The van der Waals surface area contributed by atoms with Gasteiger partial charge in [0.1, 0.15) is 17.3 Å². The minimum atomic E-state index is -0.596. The van der Waals surface area contributed by atoms with Crippen LogP contribution in [0, 0.1) is 18.7 Å². The van der Waals surface area contributed by atoms with Crippen LogP contribution in [0.3, 0.4) is 0 Å². The van der Waals surface area contributed by atoms with Crippen LogP contribution in [0.2, 0.25) is 0 Å². The highest BCUT2D eigenvalue weighted by Crippen LogP contribution is 2.63. The van der Waals surface area contributed by atoms with Gasteiger partial charge in [0, 0.05) is 22.9 Å². The van der Waals surface area contributed by atoms with E-state index in [-0.39, 0.29) is 30.7 Å². The van der Waals surface area contributed by atoms with Crippen molar-refractivity contribution in [2.45, 2.75) is 57.8 Å². The number of carbonyl (C=O) groups is 2. The Balaban J connectivity index is 1.44. The van der Waals surface area contributed by atoms with Crippen LogP contribution >= 0.6 is 0 Å². The predicted molar refractivity (Wildman–Crippen MR) is 153 cm³/mol. The summed E-state index contributed by atoms with van der Waals surface area (Å²) < 4.78 is 39.3. The van der Waals surface area contributed by atoms with Crippen molar-refractivity contribution in [3.63, 3.8) is 0 Å². The number of hydrogen-bond acceptors (Lipinski definition) is 7. The quantitative estimate of drug-likeness (QED) is 0.232. The van der Waals surface area contributed by atoms with Gasteiger partial charge in [-0.15, -0.1) is 0 Å². The normalized spacial score (nSPS) is 18.8. The molecule has 10 heteroatoms. The maximum absolute atomic E-state index is 15.9. The molecule has 220 valence electrons. The van der Waals surface area contributed by atoms with Gasteiger partial charge in [-0.1, -0.05) is 12.1 Å². The van der Waals surface area contributed by atoms with Crippen molar-refractivity contribution in [3.05, 3.63) is 70.4 Å². The number of benzene rings is 2. The molecule has 0 saturated heterocycles. The van der Waals surface area contributed by atoms with Crippen molar-refractivity contribution < 1.29 is 32.9 Å². The average Bonchev–Trinajstić information content (AvgIpc) is 3.47. The molecular formula is C32H34FN3O6. The Hall–Kier alpha value is -4.18. The van der Waals surface area contributed by atoms with Crippen LogP contribution in [0.15, 0.2) is 36.4 Å². The highest BCUT2D eigenvalue weighted by Gasteiger charge is 2.59. The minimum absolute atomic E-state index is 0.0601. The van der Waals surface area contributed by atoms with E-state index >= 15 is 4.39 Å². The molecule has 7 rings (SSSR count). The zero-order valence-electron chi connectivity index (χ0n) is 24.2. The molecule has 0 aliphatic heterocycles. The first-order valence-corrected chi connectivity index (χ1v) is 14.1. The van der Waals surface area contributed by atoms with Crippen molar-refractivity contribution in [2.75, 3.05) is 21.3 Å². The Kier molecular flexibility index (Phi) is 7.26.